The van der Waals surface area contributed by atoms with E-state index in [9.17, 15) is 18.0 Å². The summed E-state index contributed by atoms with van der Waals surface area (Å²) in [7, 11) is 2.37. The van der Waals surface area contributed by atoms with Gasteiger partial charge in [0, 0.05) is 57.7 Å². The van der Waals surface area contributed by atoms with Crippen molar-refractivity contribution in [1.29, 1.82) is 0 Å². The summed E-state index contributed by atoms with van der Waals surface area (Å²) < 4.78 is 54.4. The van der Waals surface area contributed by atoms with Crippen molar-refractivity contribution in [3.8, 4) is 5.75 Å². The number of ether oxygens (including phenoxy) is 1. The van der Waals surface area contributed by atoms with E-state index in [1.807, 2.05) is 7.05 Å². The number of hydrogen-bond acceptors (Lipinski definition) is 7. The van der Waals surface area contributed by atoms with Crippen LogP contribution in [0.4, 0.5) is 14.9 Å². The molecule has 2 aromatic carbocycles. The molecular formula is C27H33FN4O6S. The Morgan fingerprint density at radius 2 is 1.90 bits per heavy atom. The highest BCUT2D eigenvalue weighted by molar-refractivity contribution is 7.90. The Morgan fingerprint density at radius 1 is 1.15 bits per heavy atom. The van der Waals surface area contributed by atoms with Crippen LogP contribution in [0.5, 0.6) is 5.75 Å². The first-order valence-corrected chi connectivity index (χ1v) is 14.1. The molecule has 0 atom stereocenters. The van der Waals surface area contributed by atoms with E-state index in [0.717, 1.165) is 19.4 Å². The molecule has 0 bridgehead atoms. The number of amides is 1. The van der Waals surface area contributed by atoms with Crippen LogP contribution in [0.15, 0.2) is 45.6 Å². The molecule has 210 valence electrons. The second-order valence-corrected chi connectivity index (χ2v) is 11.6. The summed E-state index contributed by atoms with van der Waals surface area (Å²) in [5.41, 5.74) is 0.449. The summed E-state index contributed by atoms with van der Waals surface area (Å²) >= 11 is 0. The minimum atomic E-state index is -3.94. The van der Waals surface area contributed by atoms with Crippen molar-refractivity contribution in [3.63, 3.8) is 0 Å². The Bertz CT molecular complexity index is 1540. The molecule has 1 aliphatic carbocycles. The predicted octanol–water partition coefficient (Wildman–Crippen LogP) is 3.69. The second-order valence-electron chi connectivity index (χ2n) is 10.0. The summed E-state index contributed by atoms with van der Waals surface area (Å²) in [6, 6.07) is 9.16. The predicted molar refractivity (Wildman–Crippen MR) is 147 cm³/mol. The number of carbonyl (C=O) groups is 1. The summed E-state index contributed by atoms with van der Waals surface area (Å²) in [4.78, 5) is 28.7. The SMILES string of the molecule is CNS(=O)(=O)Nc1cccc(Cc2c(CN(C)CC3CCC3)c3ccc(OC(=O)N(C)C)cc3oc2=O)c1F. The maximum Gasteiger partial charge on any atom is 0.414 e. The lowest BCUT2D eigenvalue weighted by atomic mass is 9.85. The lowest BCUT2D eigenvalue weighted by Crippen LogP contribution is -2.30. The first-order valence-electron chi connectivity index (χ1n) is 12.6. The number of anilines is 1. The van der Waals surface area contributed by atoms with Crippen LogP contribution in [0.1, 0.15) is 36.0 Å². The molecule has 1 fully saturated rings. The van der Waals surface area contributed by atoms with Crippen LogP contribution in [0, 0.1) is 11.7 Å². The van der Waals surface area contributed by atoms with Gasteiger partial charge >= 0.3 is 11.7 Å². The van der Waals surface area contributed by atoms with Crippen molar-refractivity contribution in [2.45, 2.75) is 32.2 Å². The Kier molecular flexibility index (Phi) is 8.57. The van der Waals surface area contributed by atoms with Gasteiger partial charge < -0.3 is 19.0 Å². The second kappa shape index (κ2) is 11.7. The Balaban J connectivity index is 1.76. The molecule has 0 unspecified atom stereocenters. The largest absolute Gasteiger partial charge is 0.422 e. The fraction of sp³-hybridized carbons (Fsp3) is 0.407. The monoisotopic (exact) mass is 560 g/mol. The molecule has 1 amide bonds. The van der Waals surface area contributed by atoms with Gasteiger partial charge in [-0.2, -0.15) is 8.42 Å². The lowest BCUT2D eigenvalue weighted by Gasteiger charge is -2.30. The van der Waals surface area contributed by atoms with E-state index in [2.05, 4.69) is 14.3 Å². The number of halogens is 1. The first kappa shape index (κ1) is 28.5. The molecule has 4 rings (SSSR count). The van der Waals surface area contributed by atoms with Gasteiger partial charge in [-0.1, -0.05) is 18.6 Å². The molecule has 1 aliphatic rings. The molecule has 0 saturated heterocycles. The van der Waals surface area contributed by atoms with Gasteiger partial charge in [-0.3, -0.25) is 4.72 Å². The van der Waals surface area contributed by atoms with Crippen LogP contribution >= 0.6 is 0 Å². The number of benzene rings is 2. The minimum absolute atomic E-state index is 0.108. The number of nitrogens with zero attached hydrogens (tertiary/aromatic N) is 2. The van der Waals surface area contributed by atoms with Gasteiger partial charge in [-0.15, -0.1) is 0 Å². The third kappa shape index (κ3) is 6.75. The van der Waals surface area contributed by atoms with E-state index < -0.39 is 27.7 Å². The average molecular weight is 561 g/mol. The average Bonchev–Trinajstić information content (AvgIpc) is 2.85. The fourth-order valence-electron chi connectivity index (χ4n) is 4.53. The van der Waals surface area contributed by atoms with Gasteiger partial charge in [0.15, 0.2) is 5.82 Å². The fourth-order valence-corrected chi connectivity index (χ4v) is 5.08. The van der Waals surface area contributed by atoms with Crippen molar-refractivity contribution < 1.29 is 26.8 Å². The number of nitrogens with one attached hydrogen (secondary N) is 2. The molecule has 39 heavy (non-hydrogen) atoms. The van der Waals surface area contributed by atoms with Crippen LogP contribution in [0.25, 0.3) is 11.0 Å². The van der Waals surface area contributed by atoms with Gasteiger partial charge in [-0.05, 0) is 55.1 Å². The van der Waals surface area contributed by atoms with Crippen molar-refractivity contribution in [3.05, 3.63) is 69.3 Å². The quantitative estimate of drug-likeness (QED) is 0.363. The molecule has 0 radical (unpaired) electrons. The Labute approximate surface area is 226 Å². The zero-order chi connectivity index (χ0) is 28.3. The third-order valence-corrected chi connectivity index (χ3v) is 7.87. The van der Waals surface area contributed by atoms with Gasteiger partial charge in [0.1, 0.15) is 11.3 Å². The number of carbonyl (C=O) groups excluding carboxylic acids is 1. The zero-order valence-corrected chi connectivity index (χ0v) is 23.2. The smallest absolute Gasteiger partial charge is 0.414 e. The van der Waals surface area contributed by atoms with E-state index in [1.54, 1.807) is 26.2 Å². The van der Waals surface area contributed by atoms with Crippen molar-refractivity contribution in [2.24, 2.45) is 5.92 Å². The summed E-state index contributed by atoms with van der Waals surface area (Å²) in [5, 5.41) is 0.641. The third-order valence-electron chi connectivity index (χ3n) is 6.84. The Morgan fingerprint density at radius 3 is 2.54 bits per heavy atom. The molecule has 10 nitrogen and oxygen atoms in total. The molecular weight excluding hydrogens is 527 g/mol. The van der Waals surface area contributed by atoms with Gasteiger partial charge in [0.25, 0.3) is 10.2 Å². The molecule has 0 aliphatic heterocycles. The summed E-state index contributed by atoms with van der Waals surface area (Å²) in [6.07, 6.45) is 2.86. The van der Waals surface area contributed by atoms with Crippen molar-refractivity contribution in [2.75, 3.05) is 39.5 Å². The highest BCUT2D eigenvalue weighted by Gasteiger charge is 2.23. The highest BCUT2D eigenvalue weighted by atomic mass is 32.2. The molecule has 3 aromatic rings. The standard InChI is InChI=1S/C27H33FN4O6S/c1-29-39(35,36)30-23-10-6-9-18(25(23)28)13-21-22(16-32(4)15-17-7-5-8-17)20-12-11-19(37-27(34)31(2)3)14-24(20)38-26(21)33/h6,9-12,14,17,29-30H,5,7-8,13,15-16H2,1-4H3. The summed E-state index contributed by atoms with van der Waals surface area (Å²) in [5.74, 6) is 0.0354. The molecule has 0 spiro atoms. The van der Waals surface area contributed by atoms with Crippen LogP contribution in [0.2, 0.25) is 0 Å². The normalized spacial score (nSPS) is 13.9. The number of rotatable bonds is 10. The van der Waals surface area contributed by atoms with E-state index in [0.29, 0.717) is 23.4 Å². The zero-order valence-electron chi connectivity index (χ0n) is 22.4. The molecule has 1 heterocycles. The number of hydrogen-bond donors (Lipinski definition) is 2. The Hall–Kier alpha value is -3.48. The first-order chi connectivity index (χ1) is 18.5. The van der Waals surface area contributed by atoms with Gasteiger partial charge in [0.05, 0.1) is 5.69 Å². The van der Waals surface area contributed by atoms with Crippen molar-refractivity contribution in [1.82, 2.24) is 14.5 Å². The van der Waals surface area contributed by atoms with E-state index in [1.165, 1.54) is 42.6 Å². The van der Waals surface area contributed by atoms with E-state index in [-0.39, 0.29) is 34.6 Å². The van der Waals surface area contributed by atoms with Crippen LogP contribution < -0.4 is 19.8 Å². The minimum Gasteiger partial charge on any atom is -0.422 e. The van der Waals surface area contributed by atoms with Crippen LogP contribution in [0.3, 0.4) is 0 Å². The van der Waals surface area contributed by atoms with Gasteiger partial charge in [0.2, 0.25) is 0 Å². The number of fused-ring (bicyclic) bond motifs is 1. The van der Waals surface area contributed by atoms with Crippen LogP contribution in [-0.2, 0) is 23.2 Å². The van der Waals surface area contributed by atoms with Crippen molar-refractivity contribution >= 4 is 33.0 Å². The highest BCUT2D eigenvalue weighted by Crippen LogP contribution is 2.31. The lowest BCUT2D eigenvalue weighted by molar-refractivity contribution is 0.172. The van der Waals surface area contributed by atoms with Gasteiger partial charge in [-0.25, -0.2) is 18.7 Å². The van der Waals surface area contributed by atoms with Crippen LogP contribution in [-0.4, -0.2) is 59.0 Å². The molecule has 12 heteroatoms. The maximum absolute atomic E-state index is 15.4. The topological polar surface area (TPSA) is 121 Å². The molecule has 1 saturated carbocycles. The maximum atomic E-state index is 15.4. The van der Waals surface area contributed by atoms with E-state index in [4.69, 9.17) is 9.15 Å². The molecule has 2 N–H and O–H groups in total. The molecule has 1 aromatic heterocycles. The van der Waals surface area contributed by atoms with E-state index >= 15 is 4.39 Å². The summed E-state index contributed by atoms with van der Waals surface area (Å²) in [6.45, 7) is 1.27.